The maximum absolute atomic E-state index is 11.0. The zero-order chi connectivity index (χ0) is 13.0. The van der Waals surface area contributed by atoms with Gasteiger partial charge in [-0.2, -0.15) is 12.6 Å². The molecule has 0 bridgehead atoms. The lowest BCUT2D eigenvalue weighted by Gasteiger charge is -2.09. The molecule has 0 aromatic heterocycles. The molecule has 0 fully saturated rings. The van der Waals surface area contributed by atoms with E-state index in [9.17, 15) is 24.8 Å². The number of nitro benzene ring substituents is 1. The van der Waals surface area contributed by atoms with Crippen molar-refractivity contribution < 1.29 is 24.4 Å². The molecule has 0 heterocycles. The predicted octanol–water partition coefficient (Wildman–Crippen LogP) is -0.207. The first-order valence-corrected chi connectivity index (χ1v) is 4.90. The second kappa shape index (κ2) is 5.30. The van der Waals surface area contributed by atoms with Crippen LogP contribution in [0, 0.1) is 10.1 Å². The SMILES string of the molecule is O=C(CS)Oc1cc([N+](=O)[O-])ccc1C(=O)[O-]. The number of nitro groups is 1. The van der Waals surface area contributed by atoms with Crippen LogP contribution in [0.15, 0.2) is 18.2 Å². The smallest absolute Gasteiger partial charge is 0.321 e. The van der Waals surface area contributed by atoms with Gasteiger partial charge < -0.3 is 14.6 Å². The quantitative estimate of drug-likeness (QED) is 0.262. The van der Waals surface area contributed by atoms with Crippen molar-refractivity contribution in [3.8, 4) is 5.75 Å². The van der Waals surface area contributed by atoms with Crippen LogP contribution in [0.25, 0.3) is 0 Å². The van der Waals surface area contributed by atoms with Crippen molar-refractivity contribution in [3.05, 3.63) is 33.9 Å². The Bertz CT molecular complexity index is 486. The number of hydrogen-bond donors (Lipinski definition) is 1. The largest absolute Gasteiger partial charge is 0.545 e. The molecular formula is C9H6NO6S-. The van der Waals surface area contributed by atoms with Crippen LogP contribution in [0.4, 0.5) is 5.69 Å². The monoisotopic (exact) mass is 256 g/mol. The van der Waals surface area contributed by atoms with E-state index in [1.165, 1.54) is 0 Å². The number of non-ortho nitro benzene ring substituents is 1. The fourth-order valence-electron chi connectivity index (χ4n) is 1.03. The Hall–Kier alpha value is -2.09. The number of hydrogen-bond acceptors (Lipinski definition) is 7. The summed E-state index contributed by atoms with van der Waals surface area (Å²) in [6.07, 6.45) is 0. The third-order valence-corrected chi connectivity index (χ3v) is 2.01. The van der Waals surface area contributed by atoms with Gasteiger partial charge in [-0.25, -0.2) is 0 Å². The highest BCUT2D eigenvalue weighted by atomic mass is 32.1. The fourth-order valence-corrected chi connectivity index (χ4v) is 1.10. The van der Waals surface area contributed by atoms with Gasteiger partial charge in [-0.3, -0.25) is 14.9 Å². The van der Waals surface area contributed by atoms with Gasteiger partial charge >= 0.3 is 5.97 Å². The molecule has 0 saturated heterocycles. The summed E-state index contributed by atoms with van der Waals surface area (Å²) in [7, 11) is 0. The van der Waals surface area contributed by atoms with Gasteiger partial charge in [0.1, 0.15) is 5.75 Å². The predicted molar refractivity (Wildman–Crippen MR) is 56.9 cm³/mol. The van der Waals surface area contributed by atoms with Gasteiger partial charge in [0.15, 0.2) is 0 Å². The molecule has 0 amide bonds. The molecule has 0 spiro atoms. The molecular weight excluding hydrogens is 250 g/mol. The van der Waals surface area contributed by atoms with E-state index in [0.29, 0.717) is 0 Å². The lowest BCUT2D eigenvalue weighted by atomic mass is 10.2. The van der Waals surface area contributed by atoms with Crippen molar-refractivity contribution in [1.82, 2.24) is 0 Å². The molecule has 8 heteroatoms. The highest BCUT2D eigenvalue weighted by Crippen LogP contribution is 2.24. The van der Waals surface area contributed by atoms with Crippen molar-refractivity contribution in [2.45, 2.75) is 0 Å². The molecule has 0 aliphatic carbocycles. The third kappa shape index (κ3) is 3.18. The number of benzene rings is 1. The van der Waals surface area contributed by atoms with Crippen LogP contribution >= 0.6 is 12.6 Å². The van der Waals surface area contributed by atoms with Crippen molar-refractivity contribution in [2.24, 2.45) is 0 Å². The minimum Gasteiger partial charge on any atom is -0.545 e. The lowest BCUT2D eigenvalue weighted by Crippen LogP contribution is -2.24. The number of esters is 1. The Morgan fingerprint density at radius 1 is 1.41 bits per heavy atom. The van der Waals surface area contributed by atoms with Crippen LogP contribution in [-0.4, -0.2) is 22.6 Å². The standard InChI is InChI=1S/C9H7NO6S/c11-8(4-17)16-7-3-5(10(14)15)1-2-6(7)9(12)13/h1-3,17H,4H2,(H,12,13)/p-1. The van der Waals surface area contributed by atoms with Crippen molar-refractivity contribution >= 4 is 30.3 Å². The molecule has 1 aromatic rings. The molecule has 1 aromatic carbocycles. The molecule has 0 aliphatic rings. The molecule has 0 N–H and O–H groups in total. The number of carboxylic acid groups (broad SMARTS) is 1. The molecule has 17 heavy (non-hydrogen) atoms. The van der Waals surface area contributed by atoms with Gasteiger partial charge in [-0.05, 0) is 6.07 Å². The number of aromatic carboxylic acids is 1. The van der Waals surface area contributed by atoms with Gasteiger partial charge in [-0.15, -0.1) is 0 Å². The summed E-state index contributed by atoms with van der Waals surface area (Å²) in [6.45, 7) is 0. The van der Waals surface area contributed by atoms with Crippen molar-refractivity contribution in [2.75, 3.05) is 5.75 Å². The molecule has 0 unspecified atom stereocenters. The summed E-state index contributed by atoms with van der Waals surface area (Å²) in [6, 6.07) is 2.75. The highest BCUT2D eigenvalue weighted by molar-refractivity contribution is 7.81. The van der Waals surface area contributed by atoms with Gasteiger partial charge in [0.25, 0.3) is 5.69 Å². The minimum absolute atomic E-state index is 0.283. The summed E-state index contributed by atoms with van der Waals surface area (Å²) in [5, 5.41) is 21.2. The molecule has 0 atom stereocenters. The molecule has 90 valence electrons. The van der Waals surface area contributed by atoms with E-state index in [1.807, 2.05) is 0 Å². The summed E-state index contributed by atoms with van der Waals surface area (Å²) < 4.78 is 4.61. The summed E-state index contributed by atoms with van der Waals surface area (Å²) >= 11 is 3.63. The Balaban J connectivity index is 3.20. The van der Waals surface area contributed by atoms with Gasteiger partial charge in [0, 0.05) is 11.6 Å². The second-order valence-corrected chi connectivity index (χ2v) is 3.17. The summed E-state index contributed by atoms with van der Waals surface area (Å²) in [5.74, 6) is -3.13. The third-order valence-electron chi connectivity index (χ3n) is 1.75. The number of rotatable bonds is 4. The highest BCUT2D eigenvalue weighted by Gasteiger charge is 2.14. The van der Waals surface area contributed by atoms with Gasteiger partial charge in [0.2, 0.25) is 0 Å². The van der Waals surface area contributed by atoms with E-state index in [0.717, 1.165) is 18.2 Å². The summed E-state index contributed by atoms with van der Waals surface area (Å²) in [4.78, 5) is 31.4. The van der Waals surface area contributed by atoms with Crippen LogP contribution in [-0.2, 0) is 4.79 Å². The molecule has 7 nitrogen and oxygen atoms in total. The van der Waals surface area contributed by atoms with E-state index < -0.39 is 33.9 Å². The van der Waals surface area contributed by atoms with Crippen LogP contribution in [0.1, 0.15) is 10.4 Å². The topological polar surface area (TPSA) is 110 Å². The molecule has 1 rings (SSSR count). The first-order valence-electron chi connectivity index (χ1n) is 4.27. The number of nitrogens with zero attached hydrogens (tertiary/aromatic N) is 1. The van der Waals surface area contributed by atoms with E-state index in [4.69, 9.17) is 0 Å². The van der Waals surface area contributed by atoms with E-state index in [-0.39, 0.29) is 5.75 Å². The molecule has 0 radical (unpaired) electrons. The average molecular weight is 256 g/mol. The number of thiol groups is 1. The van der Waals surface area contributed by atoms with Gasteiger partial charge in [-0.1, -0.05) is 0 Å². The average Bonchev–Trinajstić information content (AvgIpc) is 2.28. The number of carbonyl (C=O) groups is 2. The maximum Gasteiger partial charge on any atom is 0.321 e. The van der Waals surface area contributed by atoms with E-state index >= 15 is 0 Å². The van der Waals surface area contributed by atoms with E-state index in [1.54, 1.807) is 0 Å². The summed E-state index contributed by atoms with van der Waals surface area (Å²) in [5.41, 5.74) is -0.831. The van der Waals surface area contributed by atoms with Crippen molar-refractivity contribution in [1.29, 1.82) is 0 Å². The van der Waals surface area contributed by atoms with Crippen LogP contribution < -0.4 is 9.84 Å². The lowest BCUT2D eigenvalue weighted by molar-refractivity contribution is -0.384. The number of ether oxygens (including phenoxy) is 1. The Kier molecular flexibility index (Phi) is 4.05. The maximum atomic E-state index is 11.0. The van der Waals surface area contributed by atoms with Gasteiger partial charge in [0.05, 0.1) is 22.7 Å². The molecule has 0 aliphatic heterocycles. The minimum atomic E-state index is -1.60. The second-order valence-electron chi connectivity index (χ2n) is 2.86. The molecule has 0 saturated carbocycles. The first kappa shape index (κ1) is 13.0. The zero-order valence-electron chi connectivity index (χ0n) is 8.28. The Morgan fingerprint density at radius 3 is 2.53 bits per heavy atom. The van der Waals surface area contributed by atoms with E-state index in [2.05, 4.69) is 17.4 Å². The van der Waals surface area contributed by atoms with Crippen LogP contribution in [0.5, 0.6) is 5.75 Å². The van der Waals surface area contributed by atoms with Crippen molar-refractivity contribution in [3.63, 3.8) is 0 Å². The number of carbonyl (C=O) groups excluding carboxylic acids is 2. The Labute approximate surface area is 101 Å². The normalized spacial score (nSPS) is 9.71. The number of carboxylic acids is 1. The fraction of sp³-hybridized carbons (Fsp3) is 0.111. The Morgan fingerprint density at radius 2 is 2.06 bits per heavy atom. The zero-order valence-corrected chi connectivity index (χ0v) is 9.18. The van der Waals surface area contributed by atoms with Crippen LogP contribution in [0.2, 0.25) is 0 Å². The van der Waals surface area contributed by atoms with Crippen LogP contribution in [0.3, 0.4) is 0 Å². The first-order chi connectivity index (χ1) is 7.95.